The molecule has 27 heavy (non-hydrogen) atoms. The van der Waals surface area contributed by atoms with Gasteiger partial charge in [0.05, 0.1) is 18.8 Å². The van der Waals surface area contributed by atoms with Gasteiger partial charge in [-0.3, -0.25) is 15.0 Å². The lowest BCUT2D eigenvalue weighted by atomic mass is 10.2. The van der Waals surface area contributed by atoms with Gasteiger partial charge in [-0.2, -0.15) is 0 Å². The molecule has 0 saturated heterocycles. The first-order chi connectivity index (χ1) is 12.9. The first-order valence-electron chi connectivity index (χ1n) is 8.33. The van der Waals surface area contributed by atoms with Crippen molar-refractivity contribution in [2.75, 3.05) is 29.9 Å². The van der Waals surface area contributed by atoms with Gasteiger partial charge in [-0.15, -0.1) is 0 Å². The van der Waals surface area contributed by atoms with E-state index in [2.05, 4.69) is 5.32 Å². The molecular weight excluding hydrogens is 348 g/mol. The van der Waals surface area contributed by atoms with Crippen LogP contribution in [0.15, 0.2) is 48.5 Å². The van der Waals surface area contributed by atoms with Gasteiger partial charge in [-0.1, -0.05) is 24.3 Å². The number of nitrogen functional groups attached to an aromatic ring is 1. The third-order valence-electron chi connectivity index (χ3n) is 3.64. The molecule has 8 heteroatoms. The lowest BCUT2D eigenvalue weighted by Gasteiger charge is -2.24. The van der Waals surface area contributed by atoms with Crippen LogP contribution in [0.5, 0.6) is 5.75 Å². The maximum Gasteiger partial charge on any atom is 0.325 e. The van der Waals surface area contributed by atoms with Crippen LogP contribution >= 0.6 is 0 Å². The number of phenols is 1. The molecule has 0 spiro atoms. The zero-order valence-corrected chi connectivity index (χ0v) is 14.9. The van der Waals surface area contributed by atoms with E-state index in [4.69, 9.17) is 15.9 Å². The van der Waals surface area contributed by atoms with E-state index in [0.29, 0.717) is 16.9 Å². The topological polar surface area (TPSA) is 129 Å². The van der Waals surface area contributed by atoms with Crippen LogP contribution in [-0.2, 0) is 14.3 Å². The Bertz CT molecular complexity index is 838. The number of carbonyl (C=O) groups excluding carboxylic acids is 2. The Morgan fingerprint density at radius 1 is 1.19 bits per heavy atom. The number of para-hydroxylation sites is 2. The number of carbonyl (C=O) groups is 2. The number of benzene rings is 2. The number of nitrogens with one attached hydrogen (secondary N) is 2. The van der Waals surface area contributed by atoms with E-state index in [1.54, 1.807) is 49.4 Å². The molecule has 0 radical (unpaired) electrons. The molecule has 2 aromatic rings. The van der Waals surface area contributed by atoms with E-state index in [1.807, 2.05) is 0 Å². The molecule has 0 unspecified atom stereocenters. The number of hydrogen-bond acceptors (Lipinski definition) is 6. The molecule has 0 saturated carbocycles. The van der Waals surface area contributed by atoms with E-state index >= 15 is 0 Å². The van der Waals surface area contributed by atoms with Gasteiger partial charge in [0.25, 0.3) is 0 Å². The summed E-state index contributed by atoms with van der Waals surface area (Å²) in [6.45, 7) is 1.54. The molecule has 2 rings (SSSR count). The predicted molar refractivity (Wildman–Crippen MR) is 103 cm³/mol. The summed E-state index contributed by atoms with van der Waals surface area (Å²) in [5.41, 5.74) is 6.76. The van der Waals surface area contributed by atoms with Crippen molar-refractivity contribution in [1.82, 2.24) is 0 Å². The maximum absolute atomic E-state index is 12.5. The Morgan fingerprint density at radius 2 is 1.93 bits per heavy atom. The highest BCUT2D eigenvalue weighted by atomic mass is 16.5. The lowest BCUT2D eigenvalue weighted by molar-refractivity contribution is -0.141. The van der Waals surface area contributed by atoms with Crippen LogP contribution in [0.4, 0.5) is 11.4 Å². The first-order valence-corrected chi connectivity index (χ1v) is 8.33. The molecule has 1 amide bonds. The average molecular weight is 370 g/mol. The highest BCUT2D eigenvalue weighted by Gasteiger charge is 2.19. The van der Waals surface area contributed by atoms with Gasteiger partial charge in [-0.25, -0.2) is 0 Å². The zero-order valence-electron chi connectivity index (χ0n) is 14.9. The molecule has 0 aliphatic rings. The summed E-state index contributed by atoms with van der Waals surface area (Å²) >= 11 is 0. The number of esters is 1. The molecule has 0 aliphatic heterocycles. The molecule has 2 aromatic carbocycles. The minimum Gasteiger partial charge on any atom is -0.506 e. The fourth-order valence-corrected chi connectivity index (χ4v) is 2.46. The Labute approximate surface area is 157 Å². The lowest BCUT2D eigenvalue weighted by Crippen LogP contribution is -2.37. The molecule has 0 bridgehead atoms. The van der Waals surface area contributed by atoms with Gasteiger partial charge in [-0.05, 0) is 31.2 Å². The Hall–Kier alpha value is -3.55. The number of rotatable bonds is 8. The Balaban J connectivity index is 2.15. The minimum atomic E-state index is -0.507. The van der Waals surface area contributed by atoms with Crippen LogP contribution in [0.3, 0.4) is 0 Å². The number of ether oxygens (including phenoxy) is 1. The van der Waals surface area contributed by atoms with Crippen LogP contribution in [0.2, 0.25) is 0 Å². The molecule has 5 N–H and O–H groups in total. The molecule has 0 heterocycles. The average Bonchev–Trinajstić information content (AvgIpc) is 2.62. The summed E-state index contributed by atoms with van der Waals surface area (Å²) in [5, 5.41) is 20.2. The number of phenolic OH excluding ortho intramolecular Hbond substituents is 1. The number of amides is 1. The summed E-state index contributed by atoms with van der Waals surface area (Å²) in [7, 11) is 0. The molecule has 0 atom stereocenters. The highest BCUT2D eigenvalue weighted by molar-refractivity contribution is 5.99. The SMILES string of the molecule is CCOC(=O)CN(CC(=O)Nc1cccc(C(=N)N)c1)c1ccccc1O. The van der Waals surface area contributed by atoms with Gasteiger partial charge < -0.3 is 25.8 Å². The summed E-state index contributed by atoms with van der Waals surface area (Å²) in [4.78, 5) is 25.8. The second-order valence-corrected chi connectivity index (χ2v) is 5.69. The van der Waals surface area contributed by atoms with Crippen molar-refractivity contribution in [2.45, 2.75) is 6.92 Å². The van der Waals surface area contributed by atoms with Crippen molar-refractivity contribution >= 4 is 29.1 Å². The summed E-state index contributed by atoms with van der Waals surface area (Å²) < 4.78 is 4.94. The number of nitrogens with two attached hydrogens (primary N) is 1. The molecular formula is C19H22N4O4. The molecule has 0 aliphatic carbocycles. The van der Waals surface area contributed by atoms with Crippen LogP contribution in [0.25, 0.3) is 0 Å². The standard InChI is InChI=1S/C19H22N4O4/c1-2-27-18(26)12-23(15-8-3-4-9-16(15)24)11-17(25)22-14-7-5-6-13(10-14)19(20)21/h3-10,24H,2,11-12H2,1H3,(H3,20,21)(H,22,25). The van der Waals surface area contributed by atoms with Crippen molar-refractivity contribution in [3.05, 3.63) is 54.1 Å². The van der Waals surface area contributed by atoms with Crippen molar-refractivity contribution < 1.29 is 19.4 Å². The van der Waals surface area contributed by atoms with Crippen molar-refractivity contribution in [3.63, 3.8) is 0 Å². The summed E-state index contributed by atoms with van der Waals surface area (Å²) in [5.74, 6) is -1.06. The van der Waals surface area contributed by atoms with Gasteiger partial charge in [0.1, 0.15) is 18.1 Å². The fraction of sp³-hybridized carbons (Fsp3) is 0.211. The van der Waals surface area contributed by atoms with Crippen LogP contribution < -0.4 is 16.0 Å². The normalized spacial score (nSPS) is 10.1. The smallest absolute Gasteiger partial charge is 0.325 e. The third-order valence-corrected chi connectivity index (χ3v) is 3.64. The summed E-state index contributed by atoms with van der Waals surface area (Å²) in [6.07, 6.45) is 0. The van der Waals surface area contributed by atoms with E-state index in [0.717, 1.165) is 0 Å². The zero-order chi connectivity index (χ0) is 19.8. The number of nitrogens with zero attached hydrogens (tertiary/aromatic N) is 1. The first kappa shape index (κ1) is 19.8. The minimum absolute atomic E-state index is 0.0480. The summed E-state index contributed by atoms with van der Waals surface area (Å²) in [6, 6.07) is 13.0. The highest BCUT2D eigenvalue weighted by Crippen LogP contribution is 2.26. The molecule has 8 nitrogen and oxygen atoms in total. The maximum atomic E-state index is 12.5. The van der Waals surface area contributed by atoms with Crippen molar-refractivity contribution in [3.8, 4) is 5.75 Å². The van der Waals surface area contributed by atoms with Gasteiger partial charge in [0.2, 0.25) is 5.91 Å². The molecule has 0 aromatic heterocycles. The number of hydrogen-bond donors (Lipinski definition) is 4. The Morgan fingerprint density at radius 3 is 2.59 bits per heavy atom. The van der Waals surface area contributed by atoms with Crippen LogP contribution in [0.1, 0.15) is 12.5 Å². The molecule has 142 valence electrons. The van der Waals surface area contributed by atoms with Gasteiger partial charge in [0.15, 0.2) is 0 Å². The van der Waals surface area contributed by atoms with E-state index in [1.165, 1.54) is 11.0 Å². The monoisotopic (exact) mass is 370 g/mol. The number of aromatic hydroxyl groups is 1. The van der Waals surface area contributed by atoms with E-state index in [-0.39, 0.29) is 31.3 Å². The second kappa shape index (κ2) is 9.23. The second-order valence-electron chi connectivity index (χ2n) is 5.69. The molecule has 0 fully saturated rings. The number of amidine groups is 1. The van der Waals surface area contributed by atoms with E-state index in [9.17, 15) is 14.7 Å². The van der Waals surface area contributed by atoms with Crippen molar-refractivity contribution in [2.24, 2.45) is 5.73 Å². The Kier molecular flexibility index (Phi) is 6.76. The van der Waals surface area contributed by atoms with Crippen LogP contribution in [0, 0.1) is 5.41 Å². The third kappa shape index (κ3) is 5.74. The van der Waals surface area contributed by atoms with Crippen LogP contribution in [-0.4, -0.2) is 42.5 Å². The quantitative estimate of drug-likeness (QED) is 0.318. The largest absolute Gasteiger partial charge is 0.506 e. The fourth-order valence-electron chi connectivity index (χ4n) is 2.46. The predicted octanol–water partition coefficient (Wildman–Crippen LogP) is 1.68. The van der Waals surface area contributed by atoms with Gasteiger partial charge >= 0.3 is 5.97 Å². The number of anilines is 2. The van der Waals surface area contributed by atoms with Gasteiger partial charge in [0, 0.05) is 11.3 Å². The van der Waals surface area contributed by atoms with E-state index < -0.39 is 11.9 Å². The van der Waals surface area contributed by atoms with Crippen molar-refractivity contribution in [1.29, 1.82) is 5.41 Å².